The van der Waals surface area contributed by atoms with Gasteiger partial charge >= 0.3 is 5.97 Å². The largest absolute Gasteiger partial charge is 0.462 e. The van der Waals surface area contributed by atoms with Gasteiger partial charge in [-0.1, -0.05) is 23.1 Å². The number of aromatic nitrogens is 3. The van der Waals surface area contributed by atoms with E-state index in [-0.39, 0.29) is 11.5 Å². The van der Waals surface area contributed by atoms with Crippen molar-refractivity contribution in [2.24, 2.45) is 0 Å². The van der Waals surface area contributed by atoms with E-state index in [1.165, 1.54) is 23.1 Å². The van der Waals surface area contributed by atoms with Crippen LogP contribution in [0, 0.1) is 13.8 Å². The number of rotatable bonds is 10. The Balaban J connectivity index is 1.98. The molecule has 0 saturated carbocycles. The molecule has 0 saturated heterocycles. The van der Waals surface area contributed by atoms with Crippen molar-refractivity contribution in [2.45, 2.75) is 25.1 Å². The Morgan fingerprint density at radius 1 is 1.31 bits per heavy atom. The Morgan fingerprint density at radius 2 is 2.08 bits per heavy atom. The first kappa shape index (κ1) is 20.4. The maximum Gasteiger partial charge on any atom is 0.340 e. The van der Waals surface area contributed by atoms with Gasteiger partial charge in [-0.3, -0.25) is 4.79 Å². The number of methoxy groups -OCH3 is 1. The number of carbonyl (C=O) groups is 2. The van der Waals surface area contributed by atoms with Crippen molar-refractivity contribution in [3.05, 3.63) is 22.5 Å². The molecule has 0 unspecified atom stereocenters. The summed E-state index contributed by atoms with van der Waals surface area (Å²) in [7, 11) is 1.63. The highest BCUT2D eigenvalue weighted by Crippen LogP contribution is 2.27. The molecular weight excluding hydrogens is 376 g/mol. The van der Waals surface area contributed by atoms with Gasteiger partial charge in [-0.2, -0.15) is 0 Å². The molecule has 0 atom stereocenters. The van der Waals surface area contributed by atoms with E-state index in [1.807, 2.05) is 0 Å². The van der Waals surface area contributed by atoms with Crippen molar-refractivity contribution < 1.29 is 19.1 Å². The molecule has 26 heavy (non-hydrogen) atoms. The molecule has 0 radical (unpaired) electrons. The number of hydrogen-bond donors (Lipinski definition) is 2. The van der Waals surface area contributed by atoms with E-state index in [4.69, 9.17) is 9.47 Å². The van der Waals surface area contributed by atoms with Gasteiger partial charge in [0.05, 0.1) is 30.2 Å². The van der Waals surface area contributed by atoms with Crippen LogP contribution >= 0.6 is 23.1 Å². The number of carbonyl (C=O) groups excluding carboxylic acids is 2. The lowest BCUT2D eigenvalue weighted by molar-refractivity contribution is 0.0525. The Hall–Kier alpha value is -1.91. The number of thioether (sulfide) groups is 1. The summed E-state index contributed by atoms with van der Waals surface area (Å²) in [5.74, 6) is -0.313. The van der Waals surface area contributed by atoms with Crippen LogP contribution in [0.15, 0.2) is 4.34 Å². The first-order chi connectivity index (χ1) is 12.5. The number of nitrogens with one attached hydrogen (secondary N) is 2. The molecule has 0 fully saturated rings. The van der Waals surface area contributed by atoms with Crippen LogP contribution in [0.1, 0.15) is 39.0 Å². The predicted molar refractivity (Wildman–Crippen MR) is 102 cm³/mol. The van der Waals surface area contributed by atoms with Crippen molar-refractivity contribution in [3.8, 4) is 0 Å². The van der Waals surface area contributed by atoms with Crippen molar-refractivity contribution in [2.75, 3.05) is 37.9 Å². The van der Waals surface area contributed by atoms with Gasteiger partial charge in [0, 0.05) is 19.3 Å². The summed E-state index contributed by atoms with van der Waals surface area (Å²) in [6.45, 7) is 6.77. The molecule has 0 aliphatic carbocycles. The number of hydrogen-bond acceptors (Lipinski definition) is 9. The molecule has 0 bridgehead atoms. The molecule has 0 amide bonds. The molecule has 0 aliphatic heterocycles. The van der Waals surface area contributed by atoms with Crippen LogP contribution in [0.2, 0.25) is 0 Å². The Labute approximate surface area is 160 Å². The lowest BCUT2D eigenvalue weighted by Crippen LogP contribution is -2.08. The van der Waals surface area contributed by atoms with Crippen LogP contribution in [0.5, 0.6) is 0 Å². The molecular formula is C16H22N4O4S2. The zero-order valence-electron chi connectivity index (χ0n) is 15.2. The van der Waals surface area contributed by atoms with Crippen LogP contribution in [-0.2, 0) is 9.47 Å². The second kappa shape index (κ2) is 9.70. The fourth-order valence-corrected chi connectivity index (χ4v) is 3.99. The third kappa shape index (κ3) is 5.05. The number of anilines is 1. The van der Waals surface area contributed by atoms with E-state index in [2.05, 4.69) is 20.5 Å². The molecule has 0 aromatic carbocycles. The summed E-state index contributed by atoms with van der Waals surface area (Å²) in [4.78, 5) is 27.5. The van der Waals surface area contributed by atoms with Crippen molar-refractivity contribution in [1.29, 1.82) is 0 Å². The van der Waals surface area contributed by atoms with Crippen LogP contribution in [0.4, 0.5) is 5.13 Å². The molecule has 2 rings (SSSR count). The number of Topliss-reactive ketones (excluding diaryl/α,β-unsaturated/α-hetero) is 1. The highest BCUT2D eigenvalue weighted by Gasteiger charge is 2.23. The number of ether oxygens (including phenoxy) is 2. The van der Waals surface area contributed by atoms with Crippen molar-refractivity contribution >= 4 is 40.0 Å². The first-order valence-electron chi connectivity index (χ1n) is 8.06. The van der Waals surface area contributed by atoms with E-state index in [1.54, 1.807) is 27.9 Å². The van der Waals surface area contributed by atoms with Gasteiger partial charge in [0.25, 0.3) is 0 Å². The van der Waals surface area contributed by atoms with E-state index < -0.39 is 5.97 Å². The number of H-pyrrole nitrogens is 1. The molecule has 2 N–H and O–H groups in total. The second-order valence-electron chi connectivity index (χ2n) is 5.35. The average molecular weight is 399 g/mol. The molecule has 2 aromatic heterocycles. The van der Waals surface area contributed by atoms with Crippen LogP contribution in [0.25, 0.3) is 0 Å². The van der Waals surface area contributed by atoms with Gasteiger partial charge in [0.1, 0.15) is 0 Å². The number of esters is 1. The van der Waals surface area contributed by atoms with Gasteiger partial charge in [-0.05, 0) is 26.3 Å². The Morgan fingerprint density at radius 3 is 2.77 bits per heavy atom. The summed E-state index contributed by atoms with van der Waals surface area (Å²) in [6, 6.07) is 0. The molecule has 2 aromatic rings. The lowest BCUT2D eigenvalue weighted by Gasteiger charge is -2.02. The monoisotopic (exact) mass is 398 g/mol. The van der Waals surface area contributed by atoms with Crippen LogP contribution in [-0.4, -0.2) is 59.6 Å². The number of aryl methyl sites for hydroxylation is 1. The van der Waals surface area contributed by atoms with Crippen LogP contribution in [0.3, 0.4) is 0 Å². The number of nitrogens with zero attached hydrogens (tertiary/aromatic N) is 2. The third-order valence-corrected chi connectivity index (χ3v) is 5.53. The summed E-state index contributed by atoms with van der Waals surface area (Å²) < 4.78 is 10.7. The molecule has 0 aliphatic rings. The summed E-state index contributed by atoms with van der Waals surface area (Å²) in [5.41, 5.74) is 2.11. The van der Waals surface area contributed by atoms with E-state index in [0.29, 0.717) is 51.7 Å². The Kier molecular flexibility index (Phi) is 7.61. The molecule has 10 heteroatoms. The SMILES string of the molecule is CCOC(=O)c1c(C)[nH]c(C(=O)CSc2nnc(NCCOC)s2)c1C. The average Bonchev–Trinajstić information content (AvgIpc) is 3.17. The fourth-order valence-electron chi connectivity index (χ4n) is 2.34. The highest BCUT2D eigenvalue weighted by molar-refractivity contribution is 8.01. The maximum atomic E-state index is 12.5. The summed E-state index contributed by atoms with van der Waals surface area (Å²) >= 11 is 2.70. The zero-order chi connectivity index (χ0) is 19.1. The molecule has 142 valence electrons. The second-order valence-corrected chi connectivity index (χ2v) is 7.55. The quantitative estimate of drug-likeness (QED) is 0.272. The normalized spacial score (nSPS) is 10.8. The lowest BCUT2D eigenvalue weighted by atomic mass is 10.1. The zero-order valence-corrected chi connectivity index (χ0v) is 16.8. The van der Waals surface area contributed by atoms with Crippen LogP contribution < -0.4 is 5.32 Å². The minimum Gasteiger partial charge on any atom is -0.462 e. The fraction of sp³-hybridized carbons (Fsp3) is 0.500. The predicted octanol–water partition coefficient (Wildman–Crippen LogP) is 2.69. The molecule has 8 nitrogen and oxygen atoms in total. The molecule has 0 spiro atoms. The Bertz CT molecular complexity index is 772. The standard InChI is InChI=1S/C16H22N4O4S2/c1-5-24-14(22)12-9(2)13(18-10(12)3)11(21)8-25-16-20-19-15(26-16)17-6-7-23-4/h18H,5-8H2,1-4H3,(H,17,19). The van der Waals surface area contributed by atoms with Crippen molar-refractivity contribution in [3.63, 3.8) is 0 Å². The maximum absolute atomic E-state index is 12.5. The first-order valence-corrected chi connectivity index (χ1v) is 9.86. The highest BCUT2D eigenvalue weighted by atomic mass is 32.2. The van der Waals surface area contributed by atoms with E-state index >= 15 is 0 Å². The minimum atomic E-state index is -0.415. The number of ketones is 1. The topological polar surface area (TPSA) is 106 Å². The van der Waals surface area contributed by atoms with Gasteiger partial charge in [-0.25, -0.2) is 4.79 Å². The smallest absolute Gasteiger partial charge is 0.340 e. The van der Waals surface area contributed by atoms with Crippen molar-refractivity contribution in [1.82, 2.24) is 15.2 Å². The van der Waals surface area contributed by atoms with Gasteiger partial charge in [0.15, 0.2) is 10.1 Å². The minimum absolute atomic E-state index is 0.102. The van der Waals surface area contributed by atoms with Gasteiger partial charge in [-0.15, -0.1) is 10.2 Å². The van der Waals surface area contributed by atoms with E-state index in [0.717, 1.165) is 0 Å². The number of aromatic amines is 1. The van der Waals surface area contributed by atoms with Gasteiger partial charge < -0.3 is 19.8 Å². The third-order valence-electron chi connectivity index (χ3n) is 3.51. The summed E-state index contributed by atoms with van der Waals surface area (Å²) in [6.07, 6.45) is 0. The summed E-state index contributed by atoms with van der Waals surface area (Å²) in [5, 5.41) is 11.9. The van der Waals surface area contributed by atoms with E-state index in [9.17, 15) is 9.59 Å². The molecule has 2 heterocycles. The van der Waals surface area contributed by atoms with Gasteiger partial charge in [0.2, 0.25) is 5.13 Å².